The first kappa shape index (κ1) is 15.6. The molecule has 2 rings (SSSR count). The number of benzene rings is 1. The first-order valence-corrected chi connectivity index (χ1v) is 8.06. The van der Waals surface area contributed by atoms with E-state index in [2.05, 4.69) is 63.3 Å². The summed E-state index contributed by atoms with van der Waals surface area (Å²) in [6.07, 6.45) is 0. The standard InChI is InChI=1S/C17H22ClNS/c1-11-10-14(20-16(11)18)15(19-5)12-8-6-7-9-13(12)17(2,3)4/h6-10,15,19H,1-5H3. The van der Waals surface area contributed by atoms with Crippen molar-refractivity contribution in [3.8, 4) is 0 Å². The van der Waals surface area contributed by atoms with Gasteiger partial charge < -0.3 is 5.32 Å². The zero-order valence-electron chi connectivity index (χ0n) is 12.8. The molecule has 0 radical (unpaired) electrons. The summed E-state index contributed by atoms with van der Waals surface area (Å²) < 4.78 is 0.883. The number of thiophene rings is 1. The molecule has 0 aliphatic carbocycles. The third-order valence-corrected chi connectivity index (χ3v) is 5.15. The Morgan fingerprint density at radius 2 is 1.85 bits per heavy atom. The lowest BCUT2D eigenvalue weighted by molar-refractivity contribution is 0.568. The Morgan fingerprint density at radius 3 is 2.35 bits per heavy atom. The second-order valence-corrected chi connectivity index (χ2v) is 7.85. The van der Waals surface area contributed by atoms with Gasteiger partial charge in [0.1, 0.15) is 0 Å². The molecule has 1 heterocycles. The molecule has 0 saturated heterocycles. The number of hydrogen-bond donors (Lipinski definition) is 1. The average molecular weight is 308 g/mol. The van der Waals surface area contributed by atoms with E-state index in [0.29, 0.717) is 0 Å². The molecule has 1 N–H and O–H groups in total. The molecule has 1 atom stereocenters. The average Bonchev–Trinajstić information content (AvgIpc) is 2.70. The van der Waals surface area contributed by atoms with E-state index < -0.39 is 0 Å². The van der Waals surface area contributed by atoms with Crippen LogP contribution >= 0.6 is 22.9 Å². The van der Waals surface area contributed by atoms with Crippen LogP contribution in [0.25, 0.3) is 0 Å². The molecule has 1 aromatic heterocycles. The van der Waals surface area contributed by atoms with Crippen molar-refractivity contribution in [1.82, 2.24) is 5.32 Å². The Bertz CT molecular complexity index is 576. The lowest BCUT2D eigenvalue weighted by Crippen LogP contribution is -2.22. The Hall–Kier alpha value is -0.830. The molecule has 0 fully saturated rings. The van der Waals surface area contributed by atoms with E-state index >= 15 is 0 Å². The predicted molar refractivity (Wildman–Crippen MR) is 90.1 cm³/mol. The van der Waals surface area contributed by atoms with Gasteiger partial charge in [0.25, 0.3) is 0 Å². The molecule has 0 saturated carbocycles. The fourth-order valence-electron chi connectivity index (χ4n) is 2.51. The summed E-state index contributed by atoms with van der Waals surface area (Å²) >= 11 is 7.90. The van der Waals surface area contributed by atoms with Crippen LogP contribution in [-0.2, 0) is 5.41 Å². The van der Waals surface area contributed by atoms with Gasteiger partial charge >= 0.3 is 0 Å². The topological polar surface area (TPSA) is 12.0 Å². The maximum atomic E-state index is 6.24. The summed E-state index contributed by atoms with van der Waals surface area (Å²) in [6.45, 7) is 8.83. The van der Waals surface area contributed by atoms with Crippen LogP contribution < -0.4 is 5.32 Å². The Balaban J connectivity index is 2.53. The second kappa shape index (κ2) is 5.88. The fraction of sp³-hybridized carbons (Fsp3) is 0.412. The highest BCUT2D eigenvalue weighted by Gasteiger charge is 2.24. The third-order valence-electron chi connectivity index (χ3n) is 3.53. The largest absolute Gasteiger partial charge is 0.309 e. The van der Waals surface area contributed by atoms with Crippen LogP contribution in [-0.4, -0.2) is 7.05 Å². The predicted octanol–water partition coefficient (Wildman–Crippen LogP) is 5.32. The minimum absolute atomic E-state index is 0.127. The lowest BCUT2D eigenvalue weighted by Gasteiger charge is -2.27. The van der Waals surface area contributed by atoms with Gasteiger partial charge in [0.15, 0.2) is 0 Å². The van der Waals surface area contributed by atoms with E-state index in [0.717, 1.165) is 9.90 Å². The number of aryl methyl sites for hydroxylation is 1. The molecule has 2 aromatic rings. The summed E-state index contributed by atoms with van der Waals surface area (Å²) in [6, 6.07) is 11.0. The smallest absolute Gasteiger partial charge is 0.0961 e. The molecule has 1 nitrogen and oxygen atoms in total. The fourth-order valence-corrected chi connectivity index (χ4v) is 3.86. The molecule has 0 aliphatic rings. The number of nitrogens with one attached hydrogen (secondary N) is 1. The monoisotopic (exact) mass is 307 g/mol. The molecule has 0 amide bonds. The van der Waals surface area contributed by atoms with Crippen LogP contribution in [0.4, 0.5) is 0 Å². The molecule has 20 heavy (non-hydrogen) atoms. The molecule has 0 aliphatic heterocycles. The highest BCUT2D eigenvalue weighted by molar-refractivity contribution is 7.16. The van der Waals surface area contributed by atoms with Gasteiger partial charge in [0.05, 0.1) is 10.4 Å². The summed E-state index contributed by atoms with van der Waals surface area (Å²) in [7, 11) is 2.01. The molecular weight excluding hydrogens is 286 g/mol. The minimum Gasteiger partial charge on any atom is -0.309 e. The minimum atomic E-state index is 0.127. The van der Waals surface area contributed by atoms with Gasteiger partial charge in [0.2, 0.25) is 0 Å². The highest BCUT2D eigenvalue weighted by Crippen LogP contribution is 2.37. The number of hydrogen-bond acceptors (Lipinski definition) is 2. The van der Waals surface area contributed by atoms with E-state index in [1.165, 1.54) is 16.0 Å². The van der Waals surface area contributed by atoms with Gasteiger partial charge in [-0.2, -0.15) is 0 Å². The summed E-state index contributed by atoms with van der Waals surface area (Å²) in [4.78, 5) is 1.27. The van der Waals surface area contributed by atoms with E-state index in [1.807, 2.05) is 7.05 Å². The van der Waals surface area contributed by atoms with Crippen molar-refractivity contribution in [2.75, 3.05) is 7.05 Å². The maximum absolute atomic E-state index is 6.24. The van der Waals surface area contributed by atoms with Crippen LogP contribution in [0.5, 0.6) is 0 Å². The first-order chi connectivity index (χ1) is 9.34. The highest BCUT2D eigenvalue weighted by atomic mass is 35.5. The van der Waals surface area contributed by atoms with Gasteiger partial charge in [-0.05, 0) is 42.1 Å². The third kappa shape index (κ3) is 3.08. The second-order valence-electron chi connectivity index (χ2n) is 6.16. The number of rotatable bonds is 3. The summed E-state index contributed by atoms with van der Waals surface area (Å²) in [5, 5.41) is 3.44. The van der Waals surface area contributed by atoms with E-state index in [1.54, 1.807) is 11.3 Å². The SMILES string of the molecule is CNC(c1cc(C)c(Cl)s1)c1ccccc1C(C)(C)C. The van der Waals surface area contributed by atoms with Crippen LogP contribution in [0.2, 0.25) is 4.34 Å². The lowest BCUT2D eigenvalue weighted by atomic mass is 9.81. The van der Waals surface area contributed by atoms with Crippen molar-refractivity contribution >= 4 is 22.9 Å². The zero-order chi connectivity index (χ0) is 14.9. The molecule has 1 unspecified atom stereocenters. The Labute approximate surface area is 131 Å². The van der Waals surface area contributed by atoms with Crippen LogP contribution in [0.1, 0.15) is 48.4 Å². The molecule has 0 spiro atoms. The Kier molecular flexibility index (Phi) is 4.58. The molecule has 0 bridgehead atoms. The molecule has 108 valence electrons. The maximum Gasteiger partial charge on any atom is 0.0961 e. The van der Waals surface area contributed by atoms with Crippen LogP contribution in [0, 0.1) is 6.92 Å². The van der Waals surface area contributed by atoms with Crippen molar-refractivity contribution in [2.45, 2.75) is 39.2 Å². The van der Waals surface area contributed by atoms with E-state index in [9.17, 15) is 0 Å². The zero-order valence-corrected chi connectivity index (χ0v) is 14.3. The van der Waals surface area contributed by atoms with Crippen molar-refractivity contribution in [1.29, 1.82) is 0 Å². The van der Waals surface area contributed by atoms with Gasteiger partial charge in [-0.15, -0.1) is 11.3 Å². The number of halogens is 1. The van der Waals surface area contributed by atoms with Gasteiger partial charge in [-0.3, -0.25) is 0 Å². The van der Waals surface area contributed by atoms with E-state index in [-0.39, 0.29) is 11.5 Å². The van der Waals surface area contributed by atoms with Crippen LogP contribution in [0.3, 0.4) is 0 Å². The van der Waals surface area contributed by atoms with Gasteiger partial charge in [-0.1, -0.05) is 56.6 Å². The van der Waals surface area contributed by atoms with E-state index in [4.69, 9.17) is 11.6 Å². The van der Waals surface area contributed by atoms with Crippen molar-refractivity contribution in [2.24, 2.45) is 0 Å². The molecule has 3 heteroatoms. The van der Waals surface area contributed by atoms with Crippen molar-refractivity contribution < 1.29 is 0 Å². The summed E-state index contributed by atoms with van der Waals surface area (Å²) in [5.74, 6) is 0. The van der Waals surface area contributed by atoms with Gasteiger partial charge in [-0.25, -0.2) is 0 Å². The van der Waals surface area contributed by atoms with Gasteiger partial charge in [0, 0.05) is 4.88 Å². The normalized spacial score (nSPS) is 13.5. The quantitative estimate of drug-likeness (QED) is 0.809. The van der Waals surface area contributed by atoms with Crippen LogP contribution in [0.15, 0.2) is 30.3 Å². The van der Waals surface area contributed by atoms with Crippen molar-refractivity contribution in [3.05, 3.63) is 56.2 Å². The summed E-state index contributed by atoms with van der Waals surface area (Å²) in [5.41, 5.74) is 3.99. The molecular formula is C17H22ClNS. The first-order valence-electron chi connectivity index (χ1n) is 6.87. The molecule has 1 aromatic carbocycles. The Morgan fingerprint density at radius 1 is 1.20 bits per heavy atom. The van der Waals surface area contributed by atoms with Crippen molar-refractivity contribution in [3.63, 3.8) is 0 Å².